The van der Waals surface area contributed by atoms with Crippen molar-refractivity contribution in [3.05, 3.63) is 33.7 Å². The number of nitrogens with zero attached hydrogens (tertiary/aromatic N) is 1. The van der Waals surface area contributed by atoms with Crippen molar-refractivity contribution in [1.29, 1.82) is 0 Å². The van der Waals surface area contributed by atoms with Gasteiger partial charge in [0, 0.05) is 18.3 Å². The van der Waals surface area contributed by atoms with Gasteiger partial charge in [-0.05, 0) is 19.9 Å². The highest BCUT2D eigenvalue weighted by Gasteiger charge is 2.31. The number of halogens is 3. The summed E-state index contributed by atoms with van der Waals surface area (Å²) < 4.78 is 38.0. The predicted molar refractivity (Wildman–Crippen MR) is 46.1 cm³/mol. The minimum Gasteiger partial charge on any atom is -0.315 e. The molecule has 0 aliphatic heterocycles. The third-order valence-electron chi connectivity index (χ3n) is 1.93. The van der Waals surface area contributed by atoms with E-state index in [1.54, 1.807) is 6.92 Å². The van der Waals surface area contributed by atoms with Gasteiger partial charge in [0.05, 0.1) is 5.56 Å². The van der Waals surface area contributed by atoms with Gasteiger partial charge >= 0.3 is 6.18 Å². The SMILES string of the molecule is CCn1cc(C(F)(F)F)cc(C)c1=O. The summed E-state index contributed by atoms with van der Waals surface area (Å²) in [6.07, 6.45) is -3.55. The highest BCUT2D eigenvalue weighted by molar-refractivity contribution is 5.20. The number of aryl methyl sites for hydroxylation is 2. The van der Waals surface area contributed by atoms with Crippen LogP contribution in [0.25, 0.3) is 0 Å². The van der Waals surface area contributed by atoms with E-state index in [-0.39, 0.29) is 17.7 Å². The molecule has 0 saturated heterocycles. The van der Waals surface area contributed by atoms with Crippen LogP contribution in [0.15, 0.2) is 17.1 Å². The van der Waals surface area contributed by atoms with Crippen molar-refractivity contribution in [3.63, 3.8) is 0 Å². The lowest BCUT2D eigenvalue weighted by atomic mass is 10.2. The molecule has 1 aromatic rings. The number of rotatable bonds is 1. The Bertz CT molecular complexity index is 392. The average molecular weight is 205 g/mol. The van der Waals surface area contributed by atoms with Crippen LogP contribution >= 0.6 is 0 Å². The molecule has 78 valence electrons. The first kappa shape index (κ1) is 10.8. The molecule has 14 heavy (non-hydrogen) atoms. The second kappa shape index (κ2) is 3.48. The molecule has 0 aliphatic rings. The van der Waals surface area contributed by atoms with Gasteiger partial charge in [0.25, 0.3) is 5.56 Å². The van der Waals surface area contributed by atoms with Crippen LogP contribution < -0.4 is 5.56 Å². The molecule has 1 heterocycles. The molecule has 0 fully saturated rings. The molecule has 0 amide bonds. The van der Waals surface area contributed by atoms with Crippen LogP contribution in [0.3, 0.4) is 0 Å². The van der Waals surface area contributed by atoms with E-state index in [4.69, 9.17) is 0 Å². The van der Waals surface area contributed by atoms with E-state index in [1.165, 1.54) is 6.92 Å². The Kier molecular flexibility index (Phi) is 2.69. The fourth-order valence-electron chi connectivity index (χ4n) is 1.18. The Morgan fingerprint density at radius 2 is 2.00 bits per heavy atom. The molecule has 0 radical (unpaired) electrons. The van der Waals surface area contributed by atoms with Crippen molar-refractivity contribution < 1.29 is 13.2 Å². The summed E-state index contributed by atoms with van der Waals surface area (Å²) in [5, 5.41) is 0. The highest BCUT2D eigenvalue weighted by atomic mass is 19.4. The van der Waals surface area contributed by atoms with E-state index in [0.29, 0.717) is 0 Å². The molecule has 1 rings (SSSR count). The summed E-state index contributed by atoms with van der Waals surface area (Å²) in [7, 11) is 0. The zero-order valence-corrected chi connectivity index (χ0v) is 7.85. The molecule has 0 unspecified atom stereocenters. The highest BCUT2D eigenvalue weighted by Crippen LogP contribution is 2.28. The first-order chi connectivity index (χ1) is 6.36. The Morgan fingerprint density at radius 1 is 1.43 bits per heavy atom. The third kappa shape index (κ3) is 1.97. The molecule has 0 aliphatic carbocycles. The topological polar surface area (TPSA) is 22.0 Å². The molecule has 0 saturated carbocycles. The Balaban J connectivity index is 3.38. The van der Waals surface area contributed by atoms with Gasteiger partial charge in [-0.2, -0.15) is 13.2 Å². The molecular weight excluding hydrogens is 195 g/mol. The predicted octanol–water partition coefficient (Wildman–Crippen LogP) is 2.20. The van der Waals surface area contributed by atoms with Crippen LogP contribution in [0.1, 0.15) is 18.1 Å². The van der Waals surface area contributed by atoms with Crippen molar-refractivity contribution in [2.24, 2.45) is 0 Å². The average Bonchev–Trinajstić information content (AvgIpc) is 2.07. The Labute approximate surface area is 79.0 Å². The summed E-state index contributed by atoms with van der Waals surface area (Å²) in [5.74, 6) is 0. The van der Waals surface area contributed by atoms with Crippen molar-refractivity contribution in [2.75, 3.05) is 0 Å². The molecule has 0 N–H and O–H groups in total. The number of alkyl halides is 3. The van der Waals surface area contributed by atoms with E-state index in [1.807, 2.05) is 0 Å². The van der Waals surface area contributed by atoms with Gasteiger partial charge in [-0.1, -0.05) is 0 Å². The zero-order valence-electron chi connectivity index (χ0n) is 7.85. The standard InChI is InChI=1S/C9H10F3NO/c1-3-13-5-7(9(10,11)12)4-6(2)8(13)14/h4-5H,3H2,1-2H3. The molecule has 0 spiro atoms. The lowest BCUT2D eigenvalue weighted by Gasteiger charge is -2.10. The molecule has 1 aromatic heterocycles. The summed E-state index contributed by atoms with van der Waals surface area (Å²) in [6, 6.07) is 0.870. The molecule has 5 heteroatoms. The summed E-state index contributed by atoms with van der Waals surface area (Å²) in [6.45, 7) is 3.24. The van der Waals surface area contributed by atoms with Crippen LogP contribution in [0.4, 0.5) is 13.2 Å². The molecule has 2 nitrogen and oxygen atoms in total. The van der Waals surface area contributed by atoms with Gasteiger partial charge in [0.15, 0.2) is 0 Å². The van der Waals surface area contributed by atoms with Gasteiger partial charge < -0.3 is 4.57 Å². The van der Waals surface area contributed by atoms with Crippen LogP contribution in [0.5, 0.6) is 0 Å². The second-order valence-electron chi connectivity index (χ2n) is 3.00. The third-order valence-corrected chi connectivity index (χ3v) is 1.93. The van der Waals surface area contributed by atoms with Gasteiger partial charge in [-0.15, -0.1) is 0 Å². The van der Waals surface area contributed by atoms with Crippen molar-refractivity contribution in [1.82, 2.24) is 4.57 Å². The Morgan fingerprint density at radius 3 is 2.43 bits per heavy atom. The summed E-state index contributed by atoms with van der Waals surface area (Å²) in [5.41, 5.74) is -1.04. The number of pyridine rings is 1. The van der Waals surface area contributed by atoms with Crippen LogP contribution in [0, 0.1) is 6.92 Å². The van der Waals surface area contributed by atoms with E-state index in [2.05, 4.69) is 0 Å². The van der Waals surface area contributed by atoms with Crippen molar-refractivity contribution in [3.8, 4) is 0 Å². The van der Waals surface area contributed by atoms with E-state index in [0.717, 1.165) is 16.8 Å². The van der Waals surface area contributed by atoms with Crippen LogP contribution in [-0.2, 0) is 12.7 Å². The largest absolute Gasteiger partial charge is 0.417 e. The van der Waals surface area contributed by atoms with Gasteiger partial charge in [0.2, 0.25) is 0 Å². The van der Waals surface area contributed by atoms with E-state index in [9.17, 15) is 18.0 Å². The minimum absolute atomic E-state index is 0.113. The first-order valence-electron chi connectivity index (χ1n) is 4.14. The molecular formula is C9H10F3NO. The van der Waals surface area contributed by atoms with Gasteiger partial charge in [0.1, 0.15) is 0 Å². The van der Waals surface area contributed by atoms with Crippen molar-refractivity contribution >= 4 is 0 Å². The maximum atomic E-state index is 12.3. The van der Waals surface area contributed by atoms with Gasteiger partial charge in [-0.3, -0.25) is 4.79 Å². The Hall–Kier alpha value is -1.26. The first-order valence-corrected chi connectivity index (χ1v) is 4.14. The fraction of sp³-hybridized carbons (Fsp3) is 0.444. The summed E-state index contributed by atoms with van der Waals surface area (Å²) in [4.78, 5) is 11.3. The monoisotopic (exact) mass is 205 g/mol. The normalized spacial score (nSPS) is 11.8. The maximum Gasteiger partial charge on any atom is 0.417 e. The second-order valence-corrected chi connectivity index (χ2v) is 3.00. The van der Waals surface area contributed by atoms with Crippen LogP contribution in [0.2, 0.25) is 0 Å². The fourth-order valence-corrected chi connectivity index (χ4v) is 1.18. The van der Waals surface area contributed by atoms with Crippen LogP contribution in [-0.4, -0.2) is 4.57 Å². The number of aromatic nitrogens is 1. The van der Waals surface area contributed by atoms with E-state index < -0.39 is 11.7 Å². The van der Waals surface area contributed by atoms with E-state index >= 15 is 0 Å². The molecule has 0 bridgehead atoms. The van der Waals surface area contributed by atoms with Gasteiger partial charge in [-0.25, -0.2) is 0 Å². The zero-order chi connectivity index (χ0) is 10.9. The lowest BCUT2D eigenvalue weighted by molar-refractivity contribution is -0.138. The lowest BCUT2D eigenvalue weighted by Crippen LogP contribution is -2.23. The quantitative estimate of drug-likeness (QED) is 0.688. The minimum atomic E-state index is -4.39. The molecule has 0 aromatic carbocycles. The smallest absolute Gasteiger partial charge is 0.315 e. The van der Waals surface area contributed by atoms with Crippen molar-refractivity contribution in [2.45, 2.75) is 26.6 Å². The number of hydrogen-bond donors (Lipinski definition) is 0. The summed E-state index contributed by atoms with van der Waals surface area (Å²) >= 11 is 0. The maximum absolute atomic E-state index is 12.3. The number of hydrogen-bond acceptors (Lipinski definition) is 1. The molecule has 0 atom stereocenters.